The molecule has 2 aromatic carbocycles. The molecule has 0 radical (unpaired) electrons. The molecule has 2 aromatic rings. The number of halogens is 1. The summed E-state index contributed by atoms with van der Waals surface area (Å²) in [6, 6.07) is 9.79. The summed E-state index contributed by atoms with van der Waals surface area (Å²) in [5.41, 5.74) is 1.18. The second-order valence-electron chi connectivity index (χ2n) is 5.28. The van der Waals surface area contributed by atoms with E-state index in [-0.39, 0.29) is 16.4 Å². The monoisotopic (exact) mass is 380 g/mol. The lowest BCUT2D eigenvalue weighted by Gasteiger charge is -2.09. The molecule has 0 aromatic heterocycles. The van der Waals surface area contributed by atoms with E-state index < -0.39 is 15.9 Å². The highest BCUT2D eigenvalue weighted by Crippen LogP contribution is 2.17. The Morgan fingerprint density at radius 2 is 1.60 bits per heavy atom. The van der Waals surface area contributed by atoms with Gasteiger partial charge >= 0.3 is 0 Å². The highest BCUT2D eigenvalue weighted by Gasteiger charge is 2.19. The van der Waals surface area contributed by atoms with Crippen LogP contribution >= 0.6 is 11.6 Å². The highest BCUT2D eigenvalue weighted by molar-refractivity contribution is 7.90. The van der Waals surface area contributed by atoms with E-state index in [2.05, 4.69) is 5.32 Å². The van der Waals surface area contributed by atoms with Crippen LogP contribution < -0.4 is 10.0 Å². The fraction of sp³-hybridized carbons (Fsp3) is 0.176. The molecule has 0 aliphatic heterocycles. The Bertz CT molecular complexity index is 909. The van der Waals surface area contributed by atoms with Crippen molar-refractivity contribution >= 4 is 33.4 Å². The number of hydrogen-bond acceptors (Lipinski definition) is 4. The number of sulfonamides is 1. The molecule has 2 amide bonds. The molecule has 132 valence electrons. The van der Waals surface area contributed by atoms with Gasteiger partial charge in [0, 0.05) is 22.7 Å². The van der Waals surface area contributed by atoms with E-state index in [1.807, 2.05) is 4.72 Å². The summed E-state index contributed by atoms with van der Waals surface area (Å²) in [6.07, 6.45) is 0. The van der Waals surface area contributed by atoms with E-state index in [9.17, 15) is 18.0 Å². The van der Waals surface area contributed by atoms with Crippen molar-refractivity contribution in [3.63, 3.8) is 0 Å². The van der Waals surface area contributed by atoms with Crippen molar-refractivity contribution in [2.24, 2.45) is 0 Å². The molecule has 0 saturated carbocycles. The molecule has 2 rings (SSSR count). The minimum Gasteiger partial charge on any atom is -0.352 e. The molecule has 8 heteroatoms. The Morgan fingerprint density at radius 3 is 2.16 bits per heavy atom. The fourth-order valence-corrected chi connectivity index (χ4v) is 3.17. The first-order valence-corrected chi connectivity index (χ1v) is 9.32. The summed E-state index contributed by atoms with van der Waals surface area (Å²) in [4.78, 5) is 23.7. The Morgan fingerprint density at radius 1 is 1.00 bits per heavy atom. The van der Waals surface area contributed by atoms with Crippen LogP contribution in [0, 0.1) is 6.92 Å². The summed E-state index contributed by atoms with van der Waals surface area (Å²) < 4.78 is 26.6. The van der Waals surface area contributed by atoms with Gasteiger partial charge in [-0.1, -0.05) is 11.6 Å². The third-order valence-corrected chi connectivity index (χ3v) is 5.18. The molecule has 0 aliphatic carbocycles. The van der Waals surface area contributed by atoms with Gasteiger partial charge in [-0.15, -0.1) is 0 Å². The Kier molecular flexibility index (Phi) is 5.81. The predicted octanol–water partition coefficient (Wildman–Crippen LogP) is 2.52. The van der Waals surface area contributed by atoms with Crippen LogP contribution in [0.25, 0.3) is 0 Å². The zero-order valence-corrected chi connectivity index (χ0v) is 15.2. The minimum absolute atomic E-state index is 0.111. The zero-order chi connectivity index (χ0) is 18.6. The third-order valence-electron chi connectivity index (χ3n) is 3.41. The van der Waals surface area contributed by atoms with Crippen molar-refractivity contribution < 1.29 is 18.0 Å². The van der Waals surface area contributed by atoms with Crippen LogP contribution in [0.15, 0.2) is 47.4 Å². The smallest absolute Gasteiger partial charge is 0.265 e. The van der Waals surface area contributed by atoms with Crippen molar-refractivity contribution in [3.05, 3.63) is 64.2 Å². The van der Waals surface area contributed by atoms with Gasteiger partial charge in [0.05, 0.1) is 4.90 Å². The Labute approximate surface area is 151 Å². The molecule has 0 fully saturated rings. The molecule has 0 heterocycles. The van der Waals surface area contributed by atoms with Crippen LogP contribution in [0.4, 0.5) is 0 Å². The standard InChI is InChI=1S/C17H17ClN2O4S/c1-3-19-16(21)12-4-7-14(8-5-12)25(23,24)20-17(22)13-6-9-15(18)11(2)10-13/h4-10H,3H2,1-2H3,(H,19,21)(H,20,22). The van der Waals surface area contributed by atoms with Gasteiger partial charge in [0.15, 0.2) is 0 Å². The normalized spacial score (nSPS) is 11.0. The van der Waals surface area contributed by atoms with Crippen LogP contribution in [-0.2, 0) is 10.0 Å². The number of rotatable bonds is 5. The topological polar surface area (TPSA) is 92.3 Å². The largest absolute Gasteiger partial charge is 0.352 e. The first-order valence-electron chi connectivity index (χ1n) is 7.46. The van der Waals surface area contributed by atoms with Gasteiger partial charge in [-0.2, -0.15) is 0 Å². The number of amides is 2. The Balaban J connectivity index is 2.19. The van der Waals surface area contributed by atoms with Gasteiger partial charge in [-0.05, 0) is 61.9 Å². The summed E-state index contributed by atoms with van der Waals surface area (Å²) in [5.74, 6) is -1.06. The van der Waals surface area contributed by atoms with Crippen LogP contribution in [0.5, 0.6) is 0 Å². The molecule has 0 unspecified atom stereocenters. The Hall–Kier alpha value is -2.38. The van der Waals surface area contributed by atoms with Gasteiger partial charge in [-0.25, -0.2) is 13.1 Å². The molecular formula is C17H17ClN2O4S. The molecule has 0 aliphatic rings. The molecule has 0 bridgehead atoms. The van der Waals surface area contributed by atoms with E-state index >= 15 is 0 Å². The summed E-state index contributed by atoms with van der Waals surface area (Å²) in [6.45, 7) is 3.97. The van der Waals surface area contributed by atoms with Crippen molar-refractivity contribution in [2.75, 3.05) is 6.54 Å². The number of nitrogens with one attached hydrogen (secondary N) is 2. The van der Waals surface area contributed by atoms with E-state index in [1.54, 1.807) is 13.8 Å². The average molecular weight is 381 g/mol. The number of carbonyl (C=O) groups is 2. The van der Waals surface area contributed by atoms with Crippen molar-refractivity contribution in [1.82, 2.24) is 10.0 Å². The lowest BCUT2D eigenvalue weighted by atomic mass is 10.1. The first-order chi connectivity index (χ1) is 11.7. The van der Waals surface area contributed by atoms with Crippen LogP contribution in [0.3, 0.4) is 0 Å². The predicted molar refractivity (Wildman–Crippen MR) is 95.3 cm³/mol. The van der Waals surface area contributed by atoms with Crippen molar-refractivity contribution in [2.45, 2.75) is 18.7 Å². The lowest BCUT2D eigenvalue weighted by Crippen LogP contribution is -2.30. The maximum atomic E-state index is 12.3. The lowest BCUT2D eigenvalue weighted by molar-refractivity contribution is 0.0953. The molecule has 25 heavy (non-hydrogen) atoms. The van der Waals surface area contributed by atoms with Crippen LogP contribution in [0.1, 0.15) is 33.2 Å². The second-order valence-corrected chi connectivity index (χ2v) is 7.37. The quantitative estimate of drug-likeness (QED) is 0.833. The maximum absolute atomic E-state index is 12.3. The van der Waals surface area contributed by atoms with E-state index in [0.717, 1.165) is 0 Å². The number of hydrogen-bond donors (Lipinski definition) is 2. The number of carbonyl (C=O) groups excluding carboxylic acids is 2. The molecule has 0 spiro atoms. The summed E-state index contributed by atoms with van der Waals surface area (Å²) in [7, 11) is -4.05. The molecule has 0 atom stereocenters. The van der Waals surface area contributed by atoms with Gasteiger partial charge in [-0.3, -0.25) is 9.59 Å². The average Bonchev–Trinajstić information content (AvgIpc) is 2.57. The van der Waals surface area contributed by atoms with Gasteiger partial charge in [0.25, 0.3) is 21.8 Å². The van der Waals surface area contributed by atoms with Crippen LogP contribution in [0.2, 0.25) is 5.02 Å². The second kappa shape index (κ2) is 7.67. The summed E-state index contributed by atoms with van der Waals surface area (Å²) >= 11 is 5.89. The van der Waals surface area contributed by atoms with Crippen molar-refractivity contribution in [1.29, 1.82) is 0 Å². The van der Waals surface area contributed by atoms with E-state index in [0.29, 0.717) is 22.7 Å². The molecule has 6 nitrogen and oxygen atoms in total. The SMILES string of the molecule is CCNC(=O)c1ccc(S(=O)(=O)NC(=O)c2ccc(Cl)c(C)c2)cc1. The highest BCUT2D eigenvalue weighted by atomic mass is 35.5. The third kappa shape index (κ3) is 4.58. The molecular weight excluding hydrogens is 364 g/mol. The number of aryl methyl sites for hydroxylation is 1. The molecule has 0 saturated heterocycles. The fourth-order valence-electron chi connectivity index (χ4n) is 2.07. The van der Waals surface area contributed by atoms with Gasteiger partial charge in [0.2, 0.25) is 0 Å². The number of benzene rings is 2. The first kappa shape index (κ1) is 19.0. The van der Waals surface area contributed by atoms with Crippen molar-refractivity contribution in [3.8, 4) is 0 Å². The maximum Gasteiger partial charge on any atom is 0.265 e. The van der Waals surface area contributed by atoms with Gasteiger partial charge < -0.3 is 5.32 Å². The zero-order valence-electron chi connectivity index (χ0n) is 13.7. The van der Waals surface area contributed by atoms with Crippen LogP contribution in [-0.4, -0.2) is 26.8 Å². The van der Waals surface area contributed by atoms with E-state index in [4.69, 9.17) is 11.6 Å². The van der Waals surface area contributed by atoms with E-state index in [1.165, 1.54) is 42.5 Å². The minimum atomic E-state index is -4.05. The van der Waals surface area contributed by atoms with Gasteiger partial charge in [0.1, 0.15) is 0 Å². The molecule has 2 N–H and O–H groups in total. The summed E-state index contributed by atoms with van der Waals surface area (Å²) in [5, 5.41) is 3.10.